The predicted molar refractivity (Wildman–Crippen MR) is 72.5 cm³/mol. The third kappa shape index (κ3) is 2.53. The molecule has 2 N–H and O–H groups in total. The zero-order valence-electron chi connectivity index (χ0n) is 10.2. The number of benzene rings is 1. The molecule has 1 aliphatic rings. The van der Waals surface area contributed by atoms with E-state index in [0.29, 0.717) is 11.3 Å². The molecule has 0 aliphatic carbocycles. The normalized spacial score (nSPS) is 23.7. The summed E-state index contributed by atoms with van der Waals surface area (Å²) in [6.07, 6.45) is 1.21. The molecule has 0 bridgehead atoms. The maximum Gasteiger partial charge on any atom is 0.0481 e. The molecule has 0 radical (unpaired) electrons. The molecule has 1 heterocycles. The van der Waals surface area contributed by atoms with Crippen LogP contribution in [0.5, 0.6) is 0 Å². The average Bonchev–Trinajstić information content (AvgIpc) is 2.27. The molecule has 88 valence electrons. The van der Waals surface area contributed by atoms with Gasteiger partial charge in [0.2, 0.25) is 0 Å². The molecule has 1 aromatic rings. The summed E-state index contributed by atoms with van der Waals surface area (Å²) in [4.78, 5) is 1.40. The summed E-state index contributed by atoms with van der Waals surface area (Å²) >= 11 is 2.02. The van der Waals surface area contributed by atoms with Gasteiger partial charge in [-0.25, -0.2) is 0 Å². The number of thioether (sulfide) groups is 1. The molecule has 0 fully saturated rings. The molecule has 1 aliphatic heterocycles. The van der Waals surface area contributed by atoms with Gasteiger partial charge in [0.1, 0.15) is 0 Å². The second kappa shape index (κ2) is 5.11. The fourth-order valence-corrected chi connectivity index (χ4v) is 3.39. The first-order valence-electron chi connectivity index (χ1n) is 5.89. The van der Waals surface area contributed by atoms with Crippen molar-refractivity contribution in [3.63, 3.8) is 0 Å². The number of anilines is 1. The van der Waals surface area contributed by atoms with Crippen LogP contribution in [0.2, 0.25) is 0 Å². The van der Waals surface area contributed by atoms with Crippen molar-refractivity contribution in [2.24, 2.45) is 0 Å². The van der Waals surface area contributed by atoms with E-state index in [4.69, 9.17) is 0 Å². The van der Waals surface area contributed by atoms with Gasteiger partial charge >= 0.3 is 0 Å². The van der Waals surface area contributed by atoms with E-state index in [1.807, 2.05) is 18.8 Å². The first-order chi connectivity index (χ1) is 7.70. The molecule has 3 heteroatoms. The van der Waals surface area contributed by atoms with Crippen molar-refractivity contribution in [3.8, 4) is 0 Å². The monoisotopic (exact) mass is 236 g/mol. The standard InChI is InChI=1S/C13H20N2S/c1-9-4-5-11-13(8-9)16-12(6-7-14-3)10(2)15-11/h4-5,8,10,12,14-15H,6-7H2,1-3H3. The Kier molecular flexibility index (Phi) is 3.77. The summed E-state index contributed by atoms with van der Waals surface area (Å²) in [7, 11) is 2.02. The highest BCUT2D eigenvalue weighted by molar-refractivity contribution is 8.00. The van der Waals surface area contributed by atoms with E-state index in [1.165, 1.54) is 22.6 Å². The topological polar surface area (TPSA) is 24.1 Å². The van der Waals surface area contributed by atoms with Crippen molar-refractivity contribution in [2.75, 3.05) is 18.9 Å². The second-order valence-corrected chi connectivity index (χ2v) is 5.76. The molecule has 2 nitrogen and oxygen atoms in total. The van der Waals surface area contributed by atoms with Crippen molar-refractivity contribution in [2.45, 2.75) is 36.5 Å². The van der Waals surface area contributed by atoms with Gasteiger partial charge in [0.15, 0.2) is 0 Å². The van der Waals surface area contributed by atoms with Gasteiger partial charge in [-0.2, -0.15) is 0 Å². The molecular weight excluding hydrogens is 216 g/mol. The zero-order valence-corrected chi connectivity index (χ0v) is 11.0. The van der Waals surface area contributed by atoms with Crippen molar-refractivity contribution in [1.82, 2.24) is 5.32 Å². The van der Waals surface area contributed by atoms with Crippen LogP contribution in [0.4, 0.5) is 5.69 Å². The van der Waals surface area contributed by atoms with E-state index in [1.54, 1.807) is 0 Å². The Balaban J connectivity index is 2.13. The van der Waals surface area contributed by atoms with Crippen LogP contribution >= 0.6 is 11.8 Å². The maximum absolute atomic E-state index is 3.60. The number of rotatable bonds is 3. The number of hydrogen-bond acceptors (Lipinski definition) is 3. The highest BCUT2D eigenvalue weighted by Gasteiger charge is 2.24. The largest absolute Gasteiger partial charge is 0.381 e. The summed E-state index contributed by atoms with van der Waals surface area (Å²) in [6.45, 7) is 5.52. The Bertz CT molecular complexity index is 365. The van der Waals surface area contributed by atoms with Crippen molar-refractivity contribution >= 4 is 17.4 Å². The average molecular weight is 236 g/mol. The Morgan fingerprint density at radius 1 is 1.44 bits per heavy atom. The van der Waals surface area contributed by atoms with Crippen LogP contribution in [0.25, 0.3) is 0 Å². The van der Waals surface area contributed by atoms with Crippen LogP contribution in [0.1, 0.15) is 18.9 Å². The van der Waals surface area contributed by atoms with Crippen molar-refractivity contribution in [1.29, 1.82) is 0 Å². The van der Waals surface area contributed by atoms with Gasteiger partial charge in [-0.3, -0.25) is 0 Å². The SMILES string of the molecule is CNCCC1Sc2cc(C)ccc2NC1C. The van der Waals surface area contributed by atoms with Crippen LogP contribution in [0.3, 0.4) is 0 Å². The molecule has 0 aromatic heterocycles. The number of aryl methyl sites for hydroxylation is 1. The third-order valence-electron chi connectivity index (χ3n) is 3.04. The number of nitrogens with one attached hydrogen (secondary N) is 2. The van der Waals surface area contributed by atoms with E-state index < -0.39 is 0 Å². The highest BCUT2D eigenvalue weighted by Crippen LogP contribution is 2.39. The lowest BCUT2D eigenvalue weighted by atomic mass is 10.1. The lowest BCUT2D eigenvalue weighted by molar-refractivity contribution is 0.634. The fraction of sp³-hybridized carbons (Fsp3) is 0.538. The summed E-state index contributed by atoms with van der Waals surface area (Å²) in [6, 6.07) is 7.20. The summed E-state index contributed by atoms with van der Waals surface area (Å²) in [5.74, 6) is 0. The number of fused-ring (bicyclic) bond motifs is 1. The van der Waals surface area contributed by atoms with Crippen molar-refractivity contribution < 1.29 is 0 Å². The smallest absolute Gasteiger partial charge is 0.0481 e. The molecule has 2 rings (SSSR count). The molecular formula is C13H20N2S. The van der Waals surface area contributed by atoms with Gasteiger partial charge in [0.05, 0.1) is 0 Å². The van der Waals surface area contributed by atoms with Gasteiger partial charge in [0.25, 0.3) is 0 Å². The molecule has 2 atom stereocenters. The molecule has 1 aromatic carbocycles. The molecule has 16 heavy (non-hydrogen) atoms. The van der Waals surface area contributed by atoms with Crippen molar-refractivity contribution in [3.05, 3.63) is 23.8 Å². The van der Waals surface area contributed by atoms with Crippen LogP contribution < -0.4 is 10.6 Å². The Morgan fingerprint density at radius 2 is 2.25 bits per heavy atom. The Labute approximate surface area is 102 Å². The van der Waals surface area contributed by atoms with Gasteiger partial charge in [-0.05, 0) is 51.6 Å². The minimum absolute atomic E-state index is 0.550. The molecule has 0 saturated heterocycles. The molecule has 2 unspecified atom stereocenters. The van der Waals surface area contributed by atoms with E-state index >= 15 is 0 Å². The van der Waals surface area contributed by atoms with E-state index in [-0.39, 0.29) is 0 Å². The minimum atomic E-state index is 0.550. The van der Waals surface area contributed by atoms with Gasteiger partial charge in [0, 0.05) is 21.9 Å². The van der Waals surface area contributed by atoms with Crippen LogP contribution in [0, 0.1) is 6.92 Å². The zero-order chi connectivity index (χ0) is 11.5. The minimum Gasteiger partial charge on any atom is -0.381 e. The van der Waals surface area contributed by atoms with Gasteiger partial charge in [-0.15, -0.1) is 11.8 Å². The first kappa shape index (κ1) is 11.8. The third-order valence-corrected chi connectivity index (χ3v) is 4.57. The quantitative estimate of drug-likeness (QED) is 0.844. The predicted octanol–water partition coefficient (Wildman–Crippen LogP) is 2.88. The van der Waals surface area contributed by atoms with Crippen LogP contribution in [0.15, 0.2) is 23.1 Å². The second-order valence-electron chi connectivity index (χ2n) is 4.48. The Hall–Kier alpha value is -0.670. The van der Waals surface area contributed by atoms with E-state index in [2.05, 4.69) is 42.7 Å². The first-order valence-corrected chi connectivity index (χ1v) is 6.77. The molecule has 0 spiro atoms. The highest BCUT2D eigenvalue weighted by atomic mass is 32.2. The number of hydrogen-bond donors (Lipinski definition) is 2. The van der Waals surface area contributed by atoms with Crippen LogP contribution in [-0.2, 0) is 0 Å². The Morgan fingerprint density at radius 3 is 3.00 bits per heavy atom. The molecule has 0 saturated carbocycles. The van der Waals surface area contributed by atoms with Gasteiger partial charge < -0.3 is 10.6 Å². The molecule has 0 amide bonds. The lowest BCUT2D eigenvalue weighted by Crippen LogP contribution is -2.33. The summed E-state index contributed by atoms with van der Waals surface area (Å²) in [5, 5.41) is 7.50. The summed E-state index contributed by atoms with van der Waals surface area (Å²) in [5.41, 5.74) is 2.64. The lowest BCUT2D eigenvalue weighted by Gasteiger charge is -2.32. The van der Waals surface area contributed by atoms with E-state index in [9.17, 15) is 0 Å². The van der Waals surface area contributed by atoms with E-state index in [0.717, 1.165) is 6.54 Å². The summed E-state index contributed by atoms with van der Waals surface area (Å²) < 4.78 is 0. The maximum atomic E-state index is 3.60. The van der Waals surface area contributed by atoms with Crippen LogP contribution in [-0.4, -0.2) is 24.9 Å². The van der Waals surface area contributed by atoms with Gasteiger partial charge in [-0.1, -0.05) is 6.07 Å². The fourth-order valence-electron chi connectivity index (χ4n) is 2.05.